The Hall–Kier alpha value is -0.660. The van der Waals surface area contributed by atoms with Crippen LogP contribution in [0.15, 0.2) is 4.99 Å². The Kier molecular flexibility index (Phi) is 3.23. The van der Waals surface area contributed by atoms with Gasteiger partial charge < -0.3 is 4.90 Å². The molecule has 0 aromatic heterocycles. The van der Waals surface area contributed by atoms with Crippen molar-refractivity contribution in [3.8, 4) is 0 Å². The van der Waals surface area contributed by atoms with Crippen LogP contribution in [0.3, 0.4) is 0 Å². The average Bonchev–Trinajstić information content (AvgIpc) is 2.04. The van der Waals surface area contributed by atoms with Crippen LogP contribution in [0.25, 0.3) is 0 Å². The van der Waals surface area contributed by atoms with Gasteiger partial charge in [-0.05, 0) is 40.3 Å². The second-order valence-corrected chi connectivity index (χ2v) is 4.35. The molecule has 74 valence electrons. The van der Waals surface area contributed by atoms with Gasteiger partial charge in [0.05, 0.1) is 5.54 Å². The summed E-state index contributed by atoms with van der Waals surface area (Å²) < 4.78 is 0. The topological polar surface area (TPSA) is 32.7 Å². The van der Waals surface area contributed by atoms with Crippen LogP contribution >= 0.6 is 0 Å². The number of likely N-dealkylation sites (N-methyl/N-ethyl adjacent to an activating group) is 1. The molecule has 0 aromatic rings. The predicted octanol–water partition coefficient (Wildman–Crippen LogP) is 1.59. The maximum Gasteiger partial charge on any atom is 0.235 e. The molecule has 0 spiro atoms. The van der Waals surface area contributed by atoms with Crippen LogP contribution in [0.5, 0.6) is 0 Å². The first-order valence-corrected chi connectivity index (χ1v) is 4.87. The summed E-state index contributed by atoms with van der Waals surface area (Å²) in [5.41, 5.74) is -0.281. The van der Waals surface area contributed by atoms with E-state index in [2.05, 4.69) is 16.9 Å². The molecule has 13 heavy (non-hydrogen) atoms. The number of piperidine rings is 1. The van der Waals surface area contributed by atoms with Crippen molar-refractivity contribution in [2.24, 2.45) is 4.99 Å². The molecule has 1 fully saturated rings. The van der Waals surface area contributed by atoms with Crippen LogP contribution in [0.1, 0.15) is 33.1 Å². The van der Waals surface area contributed by atoms with Gasteiger partial charge in [0.25, 0.3) is 0 Å². The van der Waals surface area contributed by atoms with E-state index in [9.17, 15) is 4.79 Å². The lowest BCUT2D eigenvalue weighted by Crippen LogP contribution is -2.49. The van der Waals surface area contributed by atoms with E-state index in [1.54, 1.807) is 6.08 Å². The summed E-state index contributed by atoms with van der Waals surface area (Å²) in [6.45, 7) is 5.12. The lowest BCUT2D eigenvalue weighted by Gasteiger charge is -2.40. The first-order valence-electron chi connectivity index (χ1n) is 4.87. The van der Waals surface area contributed by atoms with Gasteiger partial charge in [0.2, 0.25) is 6.08 Å². The molecule has 1 unspecified atom stereocenters. The van der Waals surface area contributed by atoms with Crippen molar-refractivity contribution >= 4 is 6.08 Å². The third kappa shape index (κ3) is 2.39. The van der Waals surface area contributed by atoms with Crippen molar-refractivity contribution in [2.45, 2.75) is 44.7 Å². The molecular weight excluding hydrogens is 164 g/mol. The third-order valence-electron chi connectivity index (χ3n) is 2.92. The summed E-state index contributed by atoms with van der Waals surface area (Å²) in [7, 11) is 2.10. The lowest BCUT2D eigenvalue weighted by atomic mass is 9.87. The highest BCUT2D eigenvalue weighted by Crippen LogP contribution is 2.27. The summed E-state index contributed by atoms with van der Waals surface area (Å²) in [6.07, 6.45) is 5.31. The standard InChI is InChI=1S/C10H18N2O/c1-10(2,11-8-13)9-6-4-5-7-12(9)3/h9H,4-7H2,1-3H3. The normalized spacial score (nSPS) is 25.3. The molecule has 3 nitrogen and oxygen atoms in total. The van der Waals surface area contributed by atoms with Gasteiger partial charge in [-0.25, -0.2) is 4.79 Å². The summed E-state index contributed by atoms with van der Waals surface area (Å²) in [5, 5.41) is 0. The van der Waals surface area contributed by atoms with Crippen LogP contribution < -0.4 is 0 Å². The predicted molar refractivity (Wildman–Crippen MR) is 52.5 cm³/mol. The number of nitrogens with zero attached hydrogens (tertiary/aromatic N) is 2. The Balaban J connectivity index is 2.72. The second-order valence-electron chi connectivity index (χ2n) is 4.35. The van der Waals surface area contributed by atoms with E-state index in [4.69, 9.17) is 0 Å². The van der Waals surface area contributed by atoms with E-state index >= 15 is 0 Å². The monoisotopic (exact) mass is 182 g/mol. The van der Waals surface area contributed by atoms with E-state index in [0.29, 0.717) is 6.04 Å². The van der Waals surface area contributed by atoms with Crippen LogP contribution in [0, 0.1) is 0 Å². The highest BCUT2D eigenvalue weighted by molar-refractivity contribution is 5.35. The van der Waals surface area contributed by atoms with Crippen molar-refractivity contribution in [3.63, 3.8) is 0 Å². The lowest BCUT2D eigenvalue weighted by molar-refractivity contribution is 0.126. The second kappa shape index (κ2) is 4.03. The van der Waals surface area contributed by atoms with Crippen LogP contribution in [0.2, 0.25) is 0 Å². The van der Waals surface area contributed by atoms with Crippen molar-refractivity contribution in [2.75, 3.05) is 13.6 Å². The molecule has 0 radical (unpaired) electrons. The fourth-order valence-electron chi connectivity index (χ4n) is 2.16. The van der Waals surface area contributed by atoms with Gasteiger partial charge >= 0.3 is 0 Å². The zero-order chi connectivity index (χ0) is 9.90. The smallest absolute Gasteiger partial charge is 0.235 e. The zero-order valence-corrected chi connectivity index (χ0v) is 8.71. The summed E-state index contributed by atoms with van der Waals surface area (Å²) in [6, 6.07) is 0.391. The number of hydrogen-bond donors (Lipinski definition) is 0. The van der Waals surface area contributed by atoms with E-state index < -0.39 is 0 Å². The molecule has 0 amide bonds. The highest BCUT2D eigenvalue weighted by atomic mass is 16.1. The Labute approximate surface area is 79.8 Å². The Morgan fingerprint density at radius 3 is 2.69 bits per heavy atom. The third-order valence-corrected chi connectivity index (χ3v) is 2.92. The van der Waals surface area contributed by atoms with Gasteiger partial charge in [-0.3, -0.25) is 0 Å². The molecule has 0 aromatic carbocycles. The van der Waals surface area contributed by atoms with Gasteiger partial charge in [-0.15, -0.1) is 0 Å². The minimum Gasteiger partial charge on any atom is -0.301 e. The molecule has 1 rings (SSSR count). The quantitative estimate of drug-likeness (QED) is 0.480. The molecule has 0 bridgehead atoms. The van der Waals surface area contributed by atoms with E-state index in [1.165, 1.54) is 12.8 Å². The average molecular weight is 182 g/mol. The van der Waals surface area contributed by atoms with Crippen LogP contribution in [0.4, 0.5) is 0 Å². The number of aliphatic imine (C=N–C) groups is 1. The van der Waals surface area contributed by atoms with Crippen molar-refractivity contribution in [1.82, 2.24) is 4.90 Å². The number of hydrogen-bond acceptors (Lipinski definition) is 3. The molecule has 0 aliphatic carbocycles. The summed E-state index contributed by atoms with van der Waals surface area (Å²) >= 11 is 0. The summed E-state index contributed by atoms with van der Waals surface area (Å²) in [5.74, 6) is 0. The van der Waals surface area contributed by atoms with Gasteiger partial charge in [-0.2, -0.15) is 4.99 Å². The number of carbonyl (C=O) groups excluding carboxylic acids is 1. The van der Waals surface area contributed by atoms with Gasteiger partial charge in [0.15, 0.2) is 0 Å². The fraction of sp³-hybridized carbons (Fsp3) is 0.900. The number of rotatable bonds is 2. The zero-order valence-electron chi connectivity index (χ0n) is 8.71. The Bertz CT molecular complexity index is 219. The van der Waals surface area contributed by atoms with Crippen LogP contribution in [-0.4, -0.2) is 36.2 Å². The van der Waals surface area contributed by atoms with E-state index in [-0.39, 0.29) is 5.54 Å². The molecule has 1 atom stereocenters. The Morgan fingerprint density at radius 1 is 1.46 bits per heavy atom. The molecule has 1 aliphatic rings. The molecule has 3 heteroatoms. The Morgan fingerprint density at radius 2 is 2.15 bits per heavy atom. The van der Waals surface area contributed by atoms with E-state index in [1.807, 2.05) is 13.8 Å². The number of isocyanates is 1. The first kappa shape index (κ1) is 10.4. The molecule has 1 heterocycles. The maximum absolute atomic E-state index is 10.3. The summed E-state index contributed by atoms with van der Waals surface area (Å²) in [4.78, 5) is 16.4. The molecule has 1 saturated heterocycles. The van der Waals surface area contributed by atoms with Crippen molar-refractivity contribution in [3.05, 3.63) is 0 Å². The minimum atomic E-state index is -0.281. The first-order chi connectivity index (χ1) is 6.08. The highest BCUT2D eigenvalue weighted by Gasteiger charge is 2.33. The molecule has 1 aliphatic heterocycles. The van der Waals surface area contributed by atoms with Crippen LogP contribution in [-0.2, 0) is 4.79 Å². The molecule has 0 N–H and O–H groups in total. The van der Waals surface area contributed by atoms with Crippen molar-refractivity contribution in [1.29, 1.82) is 0 Å². The SMILES string of the molecule is CN1CCCCC1C(C)(C)N=C=O. The molecular formula is C10H18N2O. The van der Waals surface area contributed by atoms with Gasteiger partial charge in [0.1, 0.15) is 0 Å². The van der Waals surface area contributed by atoms with Crippen molar-refractivity contribution < 1.29 is 4.79 Å². The fourth-order valence-corrected chi connectivity index (χ4v) is 2.16. The van der Waals surface area contributed by atoms with Gasteiger partial charge in [0, 0.05) is 6.04 Å². The largest absolute Gasteiger partial charge is 0.301 e. The van der Waals surface area contributed by atoms with Gasteiger partial charge in [-0.1, -0.05) is 6.42 Å². The maximum atomic E-state index is 10.3. The van der Waals surface area contributed by atoms with E-state index in [0.717, 1.165) is 13.0 Å². The molecule has 0 saturated carbocycles. The number of likely N-dealkylation sites (tertiary alicyclic amines) is 1. The minimum absolute atomic E-state index is 0.281.